The van der Waals surface area contributed by atoms with Crippen molar-refractivity contribution in [1.82, 2.24) is 5.32 Å². The summed E-state index contributed by atoms with van der Waals surface area (Å²) in [6.45, 7) is 4.61. The van der Waals surface area contributed by atoms with Crippen molar-refractivity contribution < 1.29 is 13.2 Å². The summed E-state index contributed by atoms with van der Waals surface area (Å²) < 4.78 is 39.8. The average molecular weight is 318 g/mol. The summed E-state index contributed by atoms with van der Waals surface area (Å²) in [5.74, 6) is 1.95. The average Bonchev–Trinajstić information content (AvgIpc) is 2.47. The Balaban J connectivity index is 2.21. The quantitative estimate of drug-likeness (QED) is 0.832. The molecule has 1 fully saturated rings. The molecular weight excluding hydrogens is 297 g/mol. The van der Waals surface area contributed by atoms with Crippen LogP contribution in [-0.4, -0.2) is 31.1 Å². The number of hydrogen-bond acceptors (Lipinski definition) is 3. The first-order chi connectivity index (χ1) is 10.0. The number of halogens is 3. The lowest BCUT2D eigenvalue weighted by Gasteiger charge is -2.29. The van der Waals surface area contributed by atoms with Gasteiger partial charge >= 0.3 is 6.18 Å². The molecule has 1 N–H and O–H groups in total. The molecule has 21 heavy (non-hydrogen) atoms. The van der Waals surface area contributed by atoms with Gasteiger partial charge in [0.1, 0.15) is 0 Å². The summed E-state index contributed by atoms with van der Waals surface area (Å²) in [7, 11) is 0. The van der Waals surface area contributed by atoms with E-state index in [1.54, 1.807) is 6.07 Å². The first kappa shape index (κ1) is 16.5. The Morgan fingerprint density at radius 2 is 1.95 bits per heavy atom. The van der Waals surface area contributed by atoms with Crippen LogP contribution in [0.25, 0.3) is 0 Å². The van der Waals surface area contributed by atoms with Crippen LogP contribution in [0.2, 0.25) is 0 Å². The van der Waals surface area contributed by atoms with Crippen LogP contribution in [0.1, 0.15) is 24.5 Å². The highest BCUT2D eigenvalue weighted by Gasteiger charge is 2.33. The molecule has 1 heterocycles. The number of alkyl halides is 3. The van der Waals surface area contributed by atoms with E-state index in [0.29, 0.717) is 11.3 Å². The molecule has 0 aliphatic carbocycles. The van der Waals surface area contributed by atoms with Crippen molar-refractivity contribution in [3.63, 3.8) is 0 Å². The van der Waals surface area contributed by atoms with Gasteiger partial charge in [-0.25, -0.2) is 0 Å². The Kier molecular flexibility index (Phi) is 5.81. The minimum absolute atomic E-state index is 0.263. The van der Waals surface area contributed by atoms with Gasteiger partial charge in [-0.15, -0.1) is 0 Å². The zero-order chi connectivity index (χ0) is 15.3. The smallest absolute Gasteiger partial charge is 0.370 e. The highest BCUT2D eigenvalue weighted by molar-refractivity contribution is 7.99. The maximum absolute atomic E-state index is 13.3. The molecule has 0 amide bonds. The predicted octanol–water partition coefficient (Wildman–Crippen LogP) is 3.76. The van der Waals surface area contributed by atoms with E-state index in [2.05, 4.69) is 5.32 Å². The molecule has 0 unspecified atom stereocenters. The third-order valence-electron chi connectivity index (χ3n) is 3.52. The van der Waals surface area contributed by atoms with E-state index in [9.17, 15) is 13.2 Å². The Morgan fingerprint density at radius 3 is 2.57 bits per heavy atom. The summed E-state index contributed by atoms with van der Waals surface area (Å²) in [5.41, 5.74) is 0.495. The van der Waals surface area contributed by atoms with Crippen LogP contribution in [0.3, 0.4) is 0 Å². The highest BCUT2D eigenvalue weighted by atomic mass is 32.2. The minimum atomic E-state index is -4.30. The number of hydrogen-bond donors (Lipinski definition) is 1. The molecule has 0 spiro atoms. The van der Waals surface area contributed by atoms with Crippen LogP contribution in [0.4, 0.5) is 18.9 Å². The van der Waals surface area contributed by atoms with Crippen LogP contribution in [0, 0.1) is 0 Å². The molecule has 6 heteroatoms. The first-order valence-corrected chi connectivity index (χ1v) is 8.41. The van der Waals surface area contributed by atoms with Gasteiger partial charge < -0.3 is 10.2 Å². The molecule has 1 aromatic rings. The minimum Gasteiger partial charge on any atom is -0.370 e. The van der Waals surface area contributed by atoms with Crippen molar-refractivity contribution in [1.29, 1.82) is 0 Å². The topological polar surface area (TPSA) is 15.3 Å². The van der Waals surface area contributed by atoms with Crippen molar-refractivity contribution in [2.45, 2.75) is 26.1 Å². The largest absolute Gasteiger partial charge is 0.416 e. The molecule has 0 atom stereocenters. The molecule has 0 radical (unpaired) electrons. The van der Waals surface area contributed by atoms with E-state index in [0.717, 1.165) is 37.6 Å². The third kappa shape index (κ3) is 4.54. The van der Waals surface area contributed by atoms with Crippen LogP contribution in [0.5, 0.6) is 0 Å². The van der Waals surface area contributed by atoms with Crippen molar-refractivity contribution in [3.05, 3.63) is 29.3 Å². The number of nitrogens with one attached hydrogen (secondary N) is 1. The second kappa shape index (κ2) is 7.40. The maximum Gasteiger partial charge on any atom is 0.416 e. The lowest BCUT2D eigenvalue weighted by Crippen LogP contribution is -2.32. The zero-order valence-electron chi connectivity index (χ0n) is 12.2. The Labute approximate surface area is 128 Å². The van der Waals surface area contributed by atoms with Crippen LogP contribution in [0.15, 0.2) is 18.2 Å². The molecule has 0 bridgehead atoms. The standard InChI is InChI=1S/C15H21F3N2S/c1-2-5-19-11-12-3-4-13(10-14(12)15(16,17)18)20-6-8-21-9-7-20/h3-4,10,19H,2,5-9,11H2,1H3. The van der Waals surface area contributed by atoms with E-state index < -0.39 is 11.7 Å². The van der Waals surface area contributed by atoms with E-state index >= 15 is 0 Å². The van der Waals surface area contributed by atoms with E-state index in [-0.39, 0.29) is 6.54 Å². The lowest BCUT2D eigenvalue weighted by atomic mass is 10.1. The fourth-order valence-electron chi connectivity index (χ4n) is 2.40. The number of thioether (sulfide) groups is 1. The molecule has 0 aromatic heterocycles. The van der Waals surface area contributed by atoms with Gasteiger partial charge in [-0.2, -0.15) is 24.9 Å². The monoisotopic (exact) mass is 318 g/mol. The molecule has 1 aliphatic rings. The normalized spacial score (nSPS) is 16.3. The van der Waals surface area contributed by atoms with Crippen molar-refractivity contribution in [3.8, 4) is 0 Å². The van der Waals surface area contributed by atoms with Gasteiger partial charge in [0.2, 0.25) is 0 Å². The first-order valence-electron chi connectivity index (χ1n) is 7.26. The maximum atomic E-state index is 13.3. The van der Waals surface area contributed by atoms with Crippen LogP contribution >= 0.6 is 11.8 Å². The summed E-state index contributed by atoms with van der Waals surface area (Å²) >= 11 is 1.85. The summed E-state index contributed by atoms with van der Waals surface area (Å²) in [6, 6.07) is 4.73. The fraction of sp³-hybridized carbons (Fsp3) is 0.600. The molecule has 2 rings (SSSR count). The van der Waals surface area contributed by atoms with Gasteiger partial charge in [0.05, 0.1) is 5.56 Å². The van der Waals surface area contributed by atoms with Crippen molar-refractivity contribution in [2.75, 3.05) is 36.0 Å². The summed E-state index contributed by atoms with van der Waals surface area (Å²) in [4.78, 5) is 2.04. The molecule has 1 aromatic carbocycles. The van der Waals surface area contributed by atoms with Crippen molar-refractivity contribution in [2.24, 2.45) is 0 Å². The molecular formula is C15H21F3N2S. The van der Waals surface area contributed by atoms with Crippen LogP contribution in [-0.2, 0) is 12.7 Å². The molecule has 1 saturated heterocycles. The predicted molar refractivity (Wildman–Crippen MR) is 83.0 cm³/mol. The van der Waals surface area contributed by atoms with Gasteiger partial charge in [0, 0.05) is 36.8 Å². The number of rotatable bonds is 5. The molecule has 118 valence electrons. The fourth-order valence-corrected chi connectivity index (χ4v) is 3.30. The lowest BCUT2D eigenvalue weighted by molar-refractivity contribution is -0.138. The second-order valence-corrected chi connectivity index (χ2v) is 6.34. The summed E-state index contributed by atoms with van der Waals surface area (Å²) in [5, 5.41) is 3.05. The van der Waals surface area contributed by atoms with E-state index in [1.165, 1.54) is 6.07 Å². The van der Waals surface area contributed by atoms with Crippen molar-refractivity contribution >= 4 is 17.4 Å². The number of nitrogens with zero attached hydrogens (tertiary/aromatic N) is 1. The van der Waals surface area contributed by atoms with Gasteiger partial charge in [-0.1, -0.05) is 13.0 Å². The molecule has 2 nitrogen and oxygen atoms in total. The third-order valence-corrected chi connectivity index (χ3v) is 4.46. The Bertz CT molecular complexity index is 457. The van der Waals surface area contributed by atoms with Gasteiger partial charge in [0.25, 0.3) is 0 Å². The summed E-state index contributed by atoms with van der Waals surface area (Å²) in [6.07, 6.45) is -3.39. The Morgan fingerprint density at radius 1 is 1.24 bits per heavy atom. The second-order valence-electron chi connectivity index (χ2n) is 5.12. The van der Waals surface area contributed by atoms with Gasteiger partial charge in [-0.3, -0.25) is 0 Å². The van der Waals surface area contributed by atoms with E-state index in [1.807, 2.05) is 29.7 Å². The molecule has 1 aliphatic heterocycles. The van der Waals surface area contributed by atoms with Gasteiger partial charge in [-0.05, 0) is 30.7 Å². The number of anilines is 1. The van der Waals surface area contributed by atoms with Gasteiger partial charge in [0.15, 0.2) is 0 Å². The molecule has 0 saturated carbocycles. The zero-order valence-corrected chi connectivity index (χ0v) is 13.0. The number of benzene rings is 1. The highest BCUT2D eigenvalue weighted by Crippen LogP contribution is 2.35. The Hall–Kier alpha value is -0.880. The van der Waals surface area contributed by atoms with Crippen LogP contribution < -0.4 is 10.2 Å². The van der Waals surface area contributed by atoms with E-state index in [4.69, 9.17) is 0 Å². The SMILES string of the molecule is CCCNCc1ccc(N2CCSCC2)cc1C(F)(F)F.